The maximum Gasteiger partial charge on any atom is 0.406 e. The molecule has 4 aliphatic heterocycles. The van der Waals surface area contributed by atoms with Crippen molar-refractivity contribution in [1.29, 1.82) is 5.41 Å². The van der Waals surface area contributed by atoms with Crippen LogP contribution >= 0.6 is 30.1 Å². The molecule has 2 aromatic heterocycles. The lowest BCUT2D eigenvalue weighted by Crippen LogP contribution is -2.55. The Bertz CT molecular complexity index is 3220. The smallest absolute Gasteiger partial charge is 0.382 e. The number of benzene rings is 3. The molecule has 14 nitrogen and oxygen atoms in total. The number of piperidine rings is 2. The molecular formula is C57H66ClF3N11O3PS. The zero-order valence-electron chi connectivity index (χ0n) is 44.1. The number of aryl methyl sites for hydroxylation is 1. The minimum absolute atomic E-state index is 0.0750. The van der Waals surface area contributed by atoms with Gasteiger partial charge in [-0.15, -0.1) is 11.3 Å². The Hall–Kier alpha value is -6.11. The molecule has 0 aliphatic carbocycles. The average molecular weight is 1110 g/mol. The number of amides is 2. The molecule has 2 unspecified atom stereocenters. The highest BCUT2D eigenvalue weighted by Crippen LogP contribution is 2.41. The normalized spacial score (nSPS) is 19.1. The number of piperazine rings is 1. The second-order valence-corrected chi connectivity index (χ2v) is 25.6. The Kier molecular flexibility index (Phi) is 17.0. The average Bonchev–Trinajstić information content (AvgIpc) is 3.89. The predicted octanol–water partition coefficient (Wildman–Crippen LogP) is 8.27. The summed E-state index contributed by atoms with van der Waals surface area (Å²) in [6, 6.07) is 21.4. The third kappa shape index (κ3) is 13.1. The standard InChI is InChI=1S/C57H66ClF3N11O3PS/c1-37-38(2)77-56-53(37)54(40-11-13-41(58)14-12-40)66-49(55(63)72(56)39(3)62)19-20-51(73)70-32-30-68(31-33-70)44-23-28-69(29-24-44)52(74)35-67-26-21-43(22-27-67)65-48-9-6-10-50-47(48)34-45(71(50)36-57(59,60)61)8-7-25-64-42-15-17-46(18-16-42)76(4,5)75/h6,9-18,34,43-44,49,55,62,64-65H,21-33,35-36,63H2,1-5H3. The maximum atomic E-state index is 13.9. The fourth-order valence-corrected chi connectivity index (χ4v) is 13.0. The Balaban J connectivity index is 0.742. The number of rotatable bonds is 10. The van der Waals surface area contributed by atoms with Gasteiger partial charge in [0.1, 0.15) is 30.9 Å². The third-order valence-electron chi connectivity index (χ3n) is 15.1. The Morgan fingerprint density at radius 3 is 2.26 bits per heavy atom. The van der Waals surface area contributed by atoms with Crippen LogP contribution in [0.4, 0.5) is 29.5 Å². The van der Waals surface area contributed by atoms with Crippen molar-refractivity contribution in [2.24, 2.45) is 10.7 Å². The van der Waals surface area contributed by atoms with E-state index in [0.717, 1.165) is 68.9 Å². The van der Waals surface area contributed by atoms with Gasteiger partial charge in [0, 0.05) is 108 Å². The molecule has 5 aromatic rings. The number of alkyl halides is 3. The number of aromatic nitrogens is 1. The van der Waals surface area contributed by atoms with Crippen LogP contribution in [0.2, 0.25) is 5.02 Å². The second kappa shape index (κ2) is 23.5. The van der Waals surface area contributed by atoms with E-state index < -0.39 is 32.1 Å². The summed E-state index contributed by atoms with van der Waals surface area (Å²) in [4.78, 5) is 43.6. The molecule has 20 heteroatoms. The minimum Gasteiger partial charge on any atom is -0.382 e. The molecular weight excluding hydrogens is 1040 g/mol. The van der Waals surface area contributed by atoms with E-state index in [1.54, 1.807) is 71.7 Å². The summed E-state index contributed by atoms with van der Waals surface area (Å²) in [6.45, 7) is 13.8. The van der Waals surface area contributed by atoms with Crippen LogP contribution in [0.5, 0.6) is 0 Å². The van der Waals surface area contributed by atoms with Gasteiger partial charge in [-0.1, -0.05) is 41.6 Å². The number of likely N-dealkylation sites (tertiary alicyclic amines) is 2. The number of carbonyl (C=O) groups is 2. The third-order valence-corrected chi connectivity index (χ3v) is 18.1. The van der Waals surface area contributed by atoms with Crippen molar-refractivity contribution in [3.8, 4) is 23.7 Å². The van der Waals surface area contributed by atoms with E-state index in [-0.39, 0.29) is 35.9 Å². The topological polar surface area (TPSA) is 159 Å². The minimum atomic E-state index is -4.45. The molecule has 0 saturated carbocycles. The van der Waals surface area contributed by atoms with Gasteiger partial charge in [-0.05, 0) is 132 Å². The van der Waals surface area contributed by atoms with E-state index >= 15 is 0 Å². The van der Waals surface area contributed by atoms with Crippen LogP contribution in [0, 0.1) is 42.9 Å². The van der Waals surface area contributed by atoms with Crippen LogP contribution < -0.4 is 26.6 Å². The number of halogens is 4. The van der Waals surface area contributed by atoms with Crippen molar-refractivity contribution in [2.45, 2.75) is 83.5 Å². The number of hydrogen-bond donors (Lipinski definition) is 4. The number of carbonyl (C=O) groups excluding carboxylic acids is 2. The van der Waals surface area contributed by atoms with Crippen LogP contribution in [0.15, 0.2) is 77.8 Å². The maximum absolute atomic E-state index is 13.9. The summed E-state index contributed by atoms with van der Waals surface area (Å²) >= 11 is 7.82. The molecule has 6 heterocycles. The van der Waals surface area contributed by atoms with E-state index in [1.165, 1.54) is 4.57 Å². The van der Waals surface area contributed by atoms with Crippen molar-refractivity contribution >= 4 is 86.0 Å². The van der Waals surface area contributed by atoms with Gasteiger partial charge in [0.15, 0.2) is 0 Å². The van der Waals surface area contributed by atoms with Gasteiger partial charge in [0.05, 0.1) is 35.8 Å². The molecule has 3 aromatic carbocycles. The van der Waals surface area contributed by atoms with E-state index in [0.29, 0.717) is 86.6 Å². The molecule has 3 saturated heterocycles. The van der Waals surface area contributed by atoms with Gasteiger partial charge in [-0.3, -0.25) is 29.8 Å². The lowest BCUT2D eigenvalue weighted by molar-refractivity contribution is -0.140. The van der Waals surface area contributed by atoms with Crippen LogP contribution in [0.25, 0.3) is 10.9 Å². The van der Waals surface area contributed by atoms with E-state index in [9.17, 15) is 27.3 Å². The molecule has 0 bridgehead atoms. The number of hydrogen-bond acceptors (Lipinski definition) is 11. The van der Waals surface area contributed by atoms with Crippen molar-refractivity contribution in [2.75, 3.05) is 94.3 Å². The number of fused-ring (bicyclic) bond motifs is 2. The summed E-state index contributed by atoms with van der Waals surface area (Å²) in [5, 5.41) is 18.3. The van der Waals surface area contributed by atoms with Crippen LogP contribution in [-0.4, -0.2) is 157 Å². The van der Waals surface area contributed by atoms with Crippen LogP contribution in [-0.2, 0) is 20.7 Å². The number of amidine groups is 1. The number of nitrogens with one attached hydrogen (secondary N) is 3. The van der Waals surface area contributed by atoms with Crippen LogP contribution in [0.3, 0.4) is 0 Å². The molecule has 406 valence electrons. The van der Waals surface area contributed by atoms with Crippen molar-refractivity contribution < 1.29 is 27.3 Å². The van der Waals surface area contributed by atoms with Crippen molar-refractivity contribution in [3.05, 3.63) is 105 Å². The quantitative estimate of drug-likeness (QED) is 0.0468. The molecule has 9 rings (SSSR count). The van der Waals surface area contributed by atoms with E-state index in [2.05, 4.69) is 44.1 Å². The van der Waals surface area contributed by atoms with Crippen LogP contribution in [0.1, 0.15) is 59.9 Å². The molecule has 2 amide bonds. The summed E-state index contributed by atoms with van der Waals surface area (Å²) in [5.41, 5.74) is 12.6. The molecule has 3 fully saturated rings. The fourth-order valence-electron chi connectivity index (χ4n) is 10.7. The number of thiophene rings is 1. The fraction of sp³-hybridized carbons (Fsp3) is 0.439. The lowest BCUT2D eigenvalue weighted by Gasteiger charge is -2.42. The van der Waals surface area contributed by atoms with E-state index in [1.807, 2.05) is 61.2 Å². The first kappa shape index (κ1) is 55.6. The number of aliphatic imine (C=N–C) groups is 1. The highest BCUT2D eigenvalue weighted by atomic mass is 35.5. The monoisotopic (exact) mass is 1110 g/mol. The van der Waals surface area contributed by atoms with Gasteiger partial charge >= 0.3 is 6.18 Å². The Morgan fingerprint density at radius 1 is 0.922 bits per heavy atom. The van der Waals surface area contributed by atoms with Gasteiger partial charge in [-0.2, -0.15) is 13.2 Å². The highest BCUT2D eigenvalue weighted by Gasteiger charge is 2.36. The number of nitrogens with zero attached hydrogens (tertiary/aromatic N) is 7. The SMILES string of the molecule is CC(=N)N1c2sc(C)c(C)c2C(c2ccc(Cl)cc2)=NC(C#CC(=O)N2CCN(C3CCN(C(=O)CN4CCC(Nc5cccc6c5cc(C#CCNc5ccc(P(C)(C)=O)cc5)n6CC(F)(F)F)CC4)CC3)CC2)C1N. The number of nitrogens with two attached hydrogens (primary N) is 1. The van der Waals surface area contributed by atoms with Gasteiger partial charge in [0.2, 0.25) is 5.91 Å². The molecule has 4 aliphatic rings. The zero-order chi connectivity index (χ0) is 54.8. The first-order valence-corrected chi connectivity index (χ1v) is 29.9. The van der Waals surface area contributed by atoms with Gasteiger partial charge in [0.25, 0.3) is 5.91 Å². The molecule has 0 radical (unpaired) electrons. The Labute approximate surface area is 458 Å². The first-order chi connectivity index (χ1) is 36.7. The summed E-state index contributed by atoms with van der Waals surface area (Å²) < 4.78 is 55.3. The molecule has 77 heavy (non-hydrogen) atoms. The predicted molar refractivity (Wildman–Crippen MR) is 306 cm³/mol. The number of anilines is 3. The van der Waals surface area contributed by atoms with Gasteiger partial charge < -0.3 is 40.2 Å². The van der Waals surface area contributed by atoms with Crippen molar-refractivity contribution in [1.82, 2.24) is 24.2 Å². The zero-order valence-corrected chi connectivity index (χ0v) is 46.6. The van der Waals surface area contributed by atoms with Gasteiger partial charge in [-0.25, -0.2) is 0 Å². The molecule has 5 N–H and O–H groups in total. The second-order valence-electron chi connectivity index (χ2n) is 20.8. The molecule has 0 spiro atoms. The summed E-state index contributed by atoms with van der Waals surface area (Å²) in [5.74, 6) is 12.0. The highest BCUT2D eigenvalue weighted by molar-refractivity contribution is 7.70. The summed E-state index contributed by atoms with van der Waals surface area (Å²) in [6.07, 6.45) is -1.99. The first-order valence-electron chi connectivity index (χ1n) is 26.1. The van der Waals surface area contributed by atoms with E-state index in [4.69, 9.17) is 27.7 Å². The summed E-state index contributed by atoms with van der Waals surface area (Å²) in [7, 11) is -2.39. The van der Waals surface area contributed by atoms with Crippen molar-refractivity contribution in [3.63, 3.8) is 0 Å². The lowest BCUT2D eigenvalue weighted by atomic mass is 10.00. The molecule has 2 atom stereocenters. The largest absolute Gasteiger partial charge is 0.406 e. The Morgan fingerprint density at radius 2 is 1.61 bits per heavy atom.